The van der Waals surface area contributed by atoms with Crippen molar-refractivity contribution in [2.45, 2.75) is 50.6 Å². The van der Waals surface area contributed by atoms with E-state index < -0.39 is 5.97 Å². The third-order valence-electron chi connectivity index (χ3n) is 4.23. The Morgan fingerprint density at radius 1 is 1.05 bits per heavy atom. The Hall–Kier alpha value is -1.30. The molecule has 0 aromatic heterocycles. The van der Waals surface area contributed by atoms with Crippen LogP contribution in [-0.4, -0.2) is 47.2 Å². The van der Waals surface area contributed by atoms with Crippen molar-refractivity contribution in [3.05, 3.63) is 0 Å². The number of nitrogens with one attached hydrogen (secondary N) is 1. The van der Waals surface area contributed by atoms with Gasteiger partial charge >= 0.3 is 12.0 Å². The monoisotopic (exact) mass is 269 g/mol. The number of likely N-dealkylation sites (tertiary alicyclic amines) is 1. The van der Waals surface area contributed by atoms with Crippen LogP contribution in [0.5, 0.6) is 0 Å². The average Bonchev–Trinajstić information content (AvgIpc) is 2.40. The summed E-state index contributed by atoms with van der Waals surface area (Å²) >= 11 is 0. The first-order valence-corrected chi connectivity index (χ1v) is 7.10. The van der Waals surface area contributed by atoms with Crippen LogP contribution in [0.3, 0.4) is 0 Å². The number of carboxylic acids is 1. The molecule has 0 spiro atoms. The number of nitrogens with two attached hydrogens (primary N) is 1. The Morgan fingerprint density at radius 3 is 2.16 bits per heavy atom. The fraction of sp³-hybridized carbons (Fsp3) is 0.846. The standard InChI is InChI=1S/C13H23N3O3/c14-10-5-7-16(8-6-10)13(19)15-11-3-1-9(2-4-11)12(17)18/h9-11H,1-8,14H2,(H,15,19)(H,17,18). The second-order valence-electron chi connectivity index (χ2n) is 5.66. The second kappa shape index (κ2) is 6.23. The number of hydrogen-bond acceptors (Lipinski definition) is 3. The predicted octanol–water partition coefficient (Wildman–Crippen LogP) is 0.762. The maximum atomic E-state index is 12.0. The lowest BCUT2D eigenvalue weighted by atomic mass is 9.86. The molecule has 1 heterocycles. The Morgan fingerprint density at radius 2 is 1.63 bits per heavy atom. The number of nitrogens with zero attached hydrogens (tertiary/aromatic N) is 1. The number of carboxylic acid groups (broad SMARTS) is 1. The van der Waals surface area contributed by atoms with Gasteiger partial charge in [0.05, 0.1) is 5.92 Å². The summed E-state index contributed by atoms with van der Waals surface area (Å²) in [6.45, 7) is 1.44. The number of piperidine rings is 1. The number of rotatable bonds is 2. The number of aliphatic carboxylic acids is 1. The van der Waals surface area contributed by atoms with E-state index in [0.717, 1.165) is 38.8 Å². The minimum atomic E-state index is -0.713. The van der Waals surface area contributed by atoms with Crippen molar-refractivity contribution in [3.63, 3.8) is 0 Å². The molecule has 2 rings (SSSR count). The number of carbonyl (C=O) groups excluding carboxylic acids is 1. The van der Waals surface area contributed by atoms with Crippen LogP contribution in [0.15, 0.2) is 0 Å². The molecule has 6 nitrogen and oxygen atoms in total. The minimum absolute atomic E-state index is 0.0225. The molecule has 0 aromatic carbocycles. The number of carbonyl (C=O) groups is 2. The summed E-state index contributed by atoms with van der Waals surface area (Å²) in [5.41, 5.74) is 5.81. The van der Waals surface area contributed by atoms with Crippen LogP contribution in [0.1, 0.15) is 38.5 Å². The molecule has 0 atom stereocenters. The Bertz CT molecular complexity index is 332. The van der Waals surface area contributed by atoms with Crippen LogP contribution in [0.2, 0.25) is 0 Å². The van der Waals surface area contributed by atoms with Crippen molar-refractivity contribution in [2.75, 3.05) is 13.1 Å². The smallest absolute Gasteiger partial charge is 0.317 e. The summed E-state index contributed by atoms with van der Waals surface area (Å²) in [6, 6.07) is 0.319. The zero-order valence-electron chi connectivity index (χ0n) is 11.2. The molecule has 0 bridgehead atoms. The van der Waals surface area contributed by atoms with E-state index in [1.165, 1.54) is 0 Å². The summed E-state index contributed by atoms with van der Waals surface area (Å²) in [5, 5.41) is 11.9. The van der Waals surface area contributed by atoms with E-state index >= 15 is 0 Å². The quantitative estimate of drug-likeness (QED) is 0.689. The highest BCUT2D eigenvalue weighted by atomic mass is 16.4. The molecule has 19 heavy (non-hydrogen) atoms. The van der Waals surface area contributed by atoms with Gasteiger partial charge in [0.1, 0.15) is 0 Å². The van der Waals surface area contributed by atoms with Gasteiger partial charge in [0, 0.05) is 25.2 Å². The molecule has 1 saturated carbocycles. The zero-order chi connectivity index (χ0) is 13.8. The molecular formula is C13H23N3O3. The Kier molecular flexibility index (Phi) is 4.63. The van der Waals surface area contributed by atoms with E-state index in [1.807, 2.05) is 4.90 Å². The number of hydrogen-bond donors (Lipinski definition) is 3. The van der Waals surface area contributed by atoms with Gasteiger partial charge in [-0.2, -0.15) is 0 Å². The van der Waals surface area contributed by atoms with E-state index in [0.29, 0.717) is 12.8 Å². The largest absolute Gasteiger partial charge is 0.481 e. The summed E-state index contributed by atoms with van der Waals surface area (Å²) < 4.78 is 0. The minimum Gasteiger partial charge on any atom is -0.481 e. The molecule has 2 aliphatic rings. The summed E-state index contributed by atoms with van der Waals surface area (Å²) in [4.78, 5) is 24.7. The first-order chi connectivity index (χ1) is 9.06. The van der Waals surface area contributed by atoms with Crippen molar-refractivity contribution < 1.29 is 14.7 Å². The van der Waals surface area contributed by atoms with E-state index in [4.69, 9.17) is 10.8 Å². The van der Waals surface area contributed by atoms with Crippen LogP contribution in [-0.2, 0) is 4.79 Å². The van der Waals surface area contributed by atoms with Crippen molar-refractivity contribution in [2.24, 2.45) is 11.7 Å². The molecular weight excluding hydrogens is 246 g/mol. The summed E-state index contributed by atoms with van der Waals surface area (Å²) in [7, 11) is 0. The van der Waals surface area contributed by atoms with E-state index in [-0.39, 0.29) is 24.0 Å². The molecule has 4 N–H and O–H groups in total. The van der Waals surface area contributed by atoms with Crippen LogP contribution < -0.4 is 11.1 Å². The molecule has 1 saturated heterocycles. The van der Waals surface area contributed by atoms with Gasteiger partial charge < -0.3 is 21.1 Å². The van der Waals surface area contributed by atoms with Crippen LogP contribution in [0.4, 0.5) is 4.79 Å². The van der Waals surface area contributed by atoms with Crippen molar-refractivity contribution in [1.82, 2.24) is 10.2 Å². The van der Waals surface area contributed by atoms with Crippen molar-refractivity contribution >= 4 is 12.0 Å². The van der Waals surface area contributed by atoms with Crippen LogP contribution in [0, 0.1) is 5.92 Å². The normalized spacial score (nSPS) is 29.0. The first-order valence-electron chi connectivity index (χ1n) is 7.10. The Balaban J connectivity index is 1.73. The summed E-state index contributed by atoms with van der Waals surface area (Å²) in [5.74, 6) is -0.948. The van der Waals surface area contributed by atoms with Crippen molar-refractivity contribution in [1.29, 1.82) is 0 Å². The third-order valence-corrected chi connectivity index (χ3v) is 4.23. The second-order valence-corrected chi connectivity index (χ2v) is 5.66. The molecule has 0 unspecified atom stereocenters. The summed E-state index contributed by atoms with van der Waals surface area (Å²) in [6.07, 6.45) is 4.56. The third kappa shape index (κ3) is 3.83. The van der Waals surface area contributed by atoms with Gasteiger partial charge in [-0.15, -0.1) is 0 Å². The highest BCUT2D eigenvalue weighted by molar-refractivity contribution is 5.74. The van der Waals surface area contributed by atoms with E-state index in [2.05, 4.69) is 5.32 Å². The highest BCUT2D eigenvalue weighted by Gasteiger charge is 2.28. The van der Waals surface area contributed by atoms with E-state index in [9.17, 15) is 9.59 Å². The van der Waals surface area contributed by atoms with Gasteiger partial charge in [-0.1, -0.05) is 0 Å². The van der Waals surface area contributed by atoms with Crippen molar-refractivity contribution in [3.8, 4) is 0 Å². The first kappa shape index (κ1) is 14.1. The van der Waals surface area contributed by atoms with Gasteiger partial charge in [0.25, 0.3) is 0 Å². The molecule has 1 aliphatic heterocycles. The zero-order valence-corrected chi connectivity index (χ0v) is 11.2. The lowest BCUT2D eigenvalue weighted by molar-refractivity contribution is -0.142. The topological polar surface area (TPSA) is 95.7 Å². The maximum absolute atomic E-state index is 12.0. The van der Waals surface area contributed by atoms with Gasteiger partial charge in [0.15, 0.2) is 0 Å². The van der Waals surface area contributed by atoms with E-state index in [1.54, 1.807) is 0 Å². The van der Waals surface area contributed by atoms with Gasteiger partial charge in [-0.05, 0) is 38.5 Å². The lowest BCUT2D eigenvalue weighted by Gasteiger charge is -2.33. The van der Waals surface area contributed by atoms with Gasteiger partial charge in [-0.25, -0.2) is 4.79 Å². The van der Waals surface area contributed by atoms with Gasteiger partial charge in [-0.3, -0.25) is 4.79 Å². The molecule has 1 aliphatic carbocycles. The highest BCUT2D eigenvalue weighted by Crippen LogP contribution is 2.24. The molecule has 2 fully saturated rings. The molecule has 2 amide bonds. The van der Waals surface area contributed by atoms with Crippen LogP contribution in [0.25, 0.3) is 0 Å². The molecule has 108 valence electrons. The SMILES string of the molecule is NC1CCN(C(=O)NC2CCC(C(=O)O)CC2)CC1. The molecule has 6 heteroatoms. The Labute approximate surface area is 113 Å². The molecule has 0 aromatic rings. The fourth-order valence-corrected chi connectivity index (χ4v) is 2.85. The van der Waals surface area contributed by atoms with Gasteiger partial charge in [0.2, 0.25) is 0 Å². The molecule has 0 radical (unpaired) electrons. The number of urea groups is 1. The number of amides is 2. The predicted molar refractivity (Wildman–Crippen MR) is 70.7 cm³/mol. The average molecular weight is 269 g/mol. The lowest BCUT2D eigenvalue weighted by Crippen LogP contribution is -2.50. The maximum Gasteiger partial charge on any atom is 0.317 e. The van der Waals surface area contributed by atoms with Crippen LogP contribution >= 0.6 is 0 Å². The fourth-order valence-electron chi connectivity index (χ4n) is 2.85.